The minimum absolute atomic E-state index is 0.181. The molecular formula is C15H16ClF3N2O2. The maximum atomic E-state index is 12.3. The van der Waals surface area contributed by atoms with E-state index in [0.29, 0.717) is 22.9 Å². The molecule has 2 rings (SSSR count). The molecule has 1 aliphatic rings. The number of carbonyl (C=O) groups excluding carboxylic acids is 2. The van der Waals surface area contributed by atoms with Crippen molar-refractivity contribution in [2.75, 3.05) is 19.6 Å². The third-order valence-corrected chi connectivity index (χ3v) is 3.79. The van der Waals surface area contributed by atoms with Gasteiger partial charge in [0.15, 0.2) is 0 Å². The van der Waals surface area contributed by atoms with E-state index in [4.69, 9.17) is 11.6 Å². The van der Waals surface area contributed by atoms with Crippen molar-refractivity contribution in [2.24, 2.45) is 5.92 Å². The van der Waals surface area contributed by atoms with Gasteiger partial charge in [-0.05, 0) is 24.1 Å². The number of rotatable bonds is 5. The number of halogens is 4. The summed E-state index contributed by atoms with van der Waals surface area (Å²) in [6.45, 7) is -1.16. The van der Waals surface area contributed by atoms with Crippen molar-refractivity contribution in [2.45, 2.75) is 19.0 Å². The fraction of sp³-hybridized carbons (Fsp3) is 0.467. The molecule has 0 saturated carbocycles. The van der Waals surface area contributed by atoms with Crippen LogP contribution in [0.15, 0.2) is 24.3 Å². The Hall–Kier alpha value is -1.76. The minimum atomic E-state index is -4.45. The molecule has 8 heteroatoms. The second-order valence-corrected chi connectivity index (χ2v) is 5.90. The predicted molar refractivity (Wildman–Crippen MR) is 78.9 cm³/mol. The molecular weight excluding hydrogens is 333 g/mol. The summed E-state index contributed by atoms with van der Waals surface area (Å²) in [7, 11) is 0. The van der Waals surface area contributed by atoms with E-state index in [1.54, 1.807) is 18.2 Å². The van der Waals surface area contributed by atoms with Crippen LogP contribution in [0.4, 0.5) is 13.2 Å². The molecule has 1 N–H and O–H groups in total. The maximum absolute atomic E-state index is 12.3. The molecule has 23 heavy (non-hydrogen) atoms. The highest BCUT2D eigenvalue weighted by Gasteiger charge is 2.40. The molecule has 0 aromatic heterocycles. The van der Waals surface area contributed by atoms with Gasteiger partial charge in [0.1, 0.15) is 6.54 Å². The van der Waals surface area contributed by atoms with Crippen LogP contribution in [0.5, 0.6) is 0 Å². The summed E-state index contributed by atoms with van der Waals surface area (Å²) in [5.41, 5.74) is 0.944. The average molecular weight is 349 g/mol. The monoisotopic (exact) mass is 348 g/mol. The quantitative estimate of drug-likeness (QED) is 0.888. The zero-order valence-corrected chi connectivity index (χ0v) is 13.0. The summed E-state index contributed by atoms with van der Waals surface area (Å²) in [6, 6.07) is 7.17. The Morgan fingerprint density at radius 2 is 2.13 bits per heavy atom. The minimum Gasteiger partial charge on any atom is -0.355 e. The second kappa shape index (κ2) is 7.21. The topological polar surface area (TPSA) is 49.4 Å². The Labute approximate surface area is 136 Å². The number of nitrogens with zero attached hydrogens (tertiary/aromatic N) is 1. The molecule has 2 amide bonds. The third kappa shape index (κ3) is 5.42. The van der Waals surface area contributed by atoms with Gasteiger partial charge in [0.05, 0.1) is 5.92 Å². The SMILES string of the molecule is O=C(NCCc1cccc(Cl)c1)C1CC(=O)N(CC(F)(F)F)C1. The third-order valence-electron chi connectivity index (χ3n) is 3.56. The fourth-order valence-electron chi connectivity index (χ4n) is 2.48. The zero-order chi connectivity index (χ0) is 17.0. The van der Waals surface area contributed by atoms with Gasteiger partial charge >= 0.3 is 6.18 Å². The van der Waals surface area contributed by atoms with E-state index in [1.807, 2.05) is 6.07 Å². The molecule has 0 spiro atoms. The van der Waals surface area contributed by atoms with Crippen LogP contribution in [0.25, 0.3) is 0 Å². The first kappa shape index (κ1) is 17.6. The van der Waals surface area contributed by atoms with Crippen LogP contribution in [-0.4, -0.2) is 42.5 Å². The summed E-state index contributed by atoms with van der Waals surface area (Å²) in [6.07, 6.45) is -4.08. The second-order valence-electron chi connectivity index (χ2n) is 5.46. The van der Waals surface area contributed by atoms with Gasteiger partial charge < -0.3 is 10.2 Å². The smallest absolute Gasteiger partial charge is 0.355 e. The fourth-order valence-corrected chi connectivity index (χ4v) is 2.70. The number of likely N-dealkylation sites (tertiary alicyclic amines) is 1. The van der Waals surface area contributed by atoms with Crippen molar-refractivity contribution in [3.63, 3.8) is 0 Å². The van der Waals surface area contributed by atoms with E-state index in [0.717, 1.165) is 5.56 Å². The largest absolute Gasteiger partial charge is 0.406 e. The van der Waals surface area contributed by atoms with Gasteiger partial charge in [-0.2, -0.15) is 13.2 Å². The van der Waals surface area contributed by atoms with E-state index >= 15 is 0 Å². The predicted octanol–water partition coefficient (Wildman–Crippen LogP) is 2.41. The molecule has 0 aliphatic carbocycles. The van der Waals surface area contributed by atoms with E-state index in [9.17, 15) is 22.8 Å². The molecule has 0 bridgehead atoms. The van der Waals surface area contributed by atoms with Crippen molar-refractivity contribution < 1.29 is 22.8 Å². The Bertz CT molecular complexity index is 592. The van der Waals surface area contributed by atoms with Crippen molar-refractivity contribution in [3.8, 4) is 0 Å². The Balaban J connectivity index is 1.79. The average Bonchev–Trinajstić information content (AvgIpc) is 2.78. The van der Waals surface area contributed by atoms with Crippen LogP contribution in [0, 0.1) is 5.92 Å². The lowest BCUT2D eigenvalue weighted by Crippen LogP contribution is -2.37. The number of nitrogens with one attached hydrogen (secondary N) is 1. The van der Waals surface area contributed by atoms with Crippen LogP contribution in [0.2, 0.25) is 5.02 Å². The standard InChI is InChI=1S/C15H16ClF3N2O2/c16-12-3-1-2-10(6-12)4-5-20-14(23)11-7-13(22)21(8-11)9-15(17,18)19/h1-3,6,11H,4-5,7-9H2,(H,20,23). The molecule has 1 saturated heterocycles. The lowest BCUT2D eigenvalue weighted by Gasteiger charge is -2.18. The molecule has 1 aromatic rings. The number of carbonyl (C=O) groups is 2. The number of hydrogen-bond donors (Lipinski definition) is 1. The van der Waals surface area contributed by atoms with Crippen LogP contribution in [0.1, 0.15) is 12.0 Å². The van der Waals surface area contributed by atoms with Crippen LogP contribution in [0.3, 0.4) is 0 Å². The van der Waals surface area contributed by atoms with Gasteiger partial charge in [-0.15, -0.1) is 0 Å². The van der Waals surface area contributed by atoms with Gasteiger partial charge in [0.25, 0.3) is 0 Å². The van der Waals surface area contributed by atoms with Gasteiger partial charge in [-0.25, -0.2) is 0 Å². The highest BCUT2D eigenvalue weighted by atomic mass is 35.5. The van der Waals surface area contributed by atoms with Gasteiger partial charge in [-0.3, -0.25) is 9.59 Å². The molecule has 1 aliphatic heterocycles. The van der Waals surface area contributed by atoms with E-state index in [-0.39, 0.29) is 13.0 Å². The van der Waals surface area contributed by atoms with Crippen LogP contribution < -0.4 is 5.32 Å². The summed E-state index contributed by atoms with van der Waals surface area (Å²) in [5.74, 6) is -1.77. The normalized spacial score (nSPS) is 18.3. The zero-order valence-electron chi connectivity index (χ0n) is 12.2. The summed E-state index contributed by atoms with van der Waals surface area (Å²) < 4.78 is 37.0. The first-order valence-corrected chi connectivity index (χ1v) is 7.49. The highest BCUT2D eigenvalue weighted by molar-refractivity contribution is 6.30. The van der Waals surface area contributed by atoms with E-state index < -0.39 is 30.5 Å². The number of hydrogen-bond acceptors (Lipinski definition) is 2. The van der Waals surface area contributed by atoms with E-state index in [2.05, 4.69) is 5.32 Å². The Morgan fingerprint density at radius 1 is 1.39 bits per heavy atom. The molecule has 0 radical (unpaired) electrons. The molecule has 126 valence electrons. The van der Waals surface area contributed by atoms with Gasteiger partial charge in [0, 0.05) is 24.5 Å². The Kier molecular flexibility index (Phi) is 5.51. The van der Waals surface area contributed by atoms with Crippen LogP contribution in [-0.2, 0) is 16.0 Å². The molecule has 1 heterocycles. The van der Waals surface area contributed by atoms with Gasteiger partial charge in [0.2, 0.25) is 11.8 Å². The number of benzene rings is 1. The number of amides is 2. The first-order chi connectivity index (χ1) is 10.7. The molecule has 1 atom stereocenters. The molecule has 1 unspecified atom stereocenters. The summed E-state index contributed by atoms with van der Waals surface area (Å²) in [4.78, 5) is 24.2. The van der Waals surface area contributed by atoms with Gasteiger partial charge in [-0.1, -0.05) is 23.7 Å². The highest BCUT2D eigenvalue weighted by Crippen LogP contribution is 2.23. The van der Waals surface area contributed by atoms with E-state index in [1.165, 1.54) is 0 Å². The Morgan fingerprint density at radius 3 is 2.78 bits per heavy atom. The molecule has 4 nitrogen and oxygen atoms in total. The van der Waals surface area contributed by atoms with Crippen molar-refractivity contribution in [3.05, 3.63) is 34.9 Å². The first-order valence-electron chi connectivity index (χ1n) is 7.11. The van der Waals surface area contributed by atoms with Crippen LogP contribution >= 0.6 is 11.6 Å². The summed E-state index contributed by atoms with van der Waals surface area (Å²) in [5, 5.41) is 3.25. The van der Waals surface area contributed by atoms with Crippen molar-refractivity contribution in [1.29, 1.82) is 0 Å². The lowest BCUT2D eigenvalue weighted by molar-refractivity contribution is -0.157. The number of alkyl halides is 3. The molecule has 1 aromatic carbocycles. The lowest BCUT2D eigenvalue weighted by atomic mass is 10.1. The summed E-state index contributed by atoms with van der Waals surface area (Å²) >= 11 is 5.85. The van der Waals surface area contributed by atoms with Crippen molar-refractivity contribution >= 4 is 23.4 Å². The maximum Gasteiger partial charge on any atom is 0.406 e. The van der Waals surface area contributed by atoms with Crippen molar-refractivity contribution in [1.82, 2.24) is 10.2 Å². The molecule has 1 fully saturated rings.